The van der Waals surface area contributed by atoms with Crippen molar-refractivity contribution in [3.05, 3.63) is 90.2 Å². The summed E-state index contributed by atoms with van der Waals surface area (Å²) in [6.45, 7) is 1.90. The lowest BCUT2D eigenvalue weighted by Crippen LogP contribution is -2.39. The van der Waals surface area contributed by atoms with Crippen LogP contribution in [-0.2, 0) is 14.8 Å². The Kier molecular flexibility index (Phi) is 7.56. The quantitative estimate of drug-likeness (QED) is 0.395. The first-order chi connectivity index (χ1) is 15.4. The van der Waals surface area contributed by atoms with Crippen LogP contribution in [0.1, 0.15) is 12.5 Å². The van der Waals surface area contributed by atoms with Gasteiger partial charge in [-0.15, -0.1) is 0 Å². The molecule has 0 atom stereocenters. The molecule has 7 nitrogen and oxygen atoms in total. The highest BCUT2D eigenvalue weighted by molar-refractivity contribution is 7.92. The normalized spacial score (nSPS) is 11.3. The zero-order valence-electron chi connectivity index (χ0n) is 17.3. The fraction of sp³-hybridized carbons (Fsp3) is 0.130. The summed E-state index contributed by atoms with van der Waals surface area (Å²) in [5.41, 5.74) is 3.20. The van der Waals surface area contributed by atoms with Crippen LogP contribution in [0, 0.1) is 5.82 Å². The topological polar surface area (TPSA) is 88.1 Å². The molecule has 0 heterocycles. The molecule has 0 bridgehead atoms. The van der Waals surface area contributed by atoms with Crippen LogP contribution in [0.5, 0.6) is 5.75 Å². The highest BCUT2D eigenvalue weighted by atomic mass is 32.2. The maximum absolute atomic E-state index is 13.4. The average molecular weight is 456 g/mol. The van der Waals surface area contributed by atoms with Crippen LogP contribution in [0.4, 0.5) is 10.1 Å². The molecule has 3 rings (SSSR count). The summed E-state index contributed by atoms with van der Waals surface area (Å²) >= 11 is 0. The first-order valence-corrected chi connectivity index (χ1v) is 11.2. The van der Waals surface area contributed by atoms with Gasteiger partial charge in [-0.2, -0.15) is 5.10 Å². The fourth-order valence-corrected chi connectivity index (χ4v) is 4.25. The van der Waals surface area contributed by atoms with E-state index in [-0.39, 0.29) is 10.6 Å². The molecule has 0 unspecified atom stereocenters. The third kappa shape index (κ3) is 5.92. The van der Waals surface area contributed by atoms with Crippen molar-refractivity contribution in [3.8, 4) is 5.75 Å². The number of benzene rings is 3. The average Bonchev–Trinajstić information content (AvgIpc) is 2.80. The first kappa shape index (κ1) is 23.0. The third-order valence-corrected chi connectivity index (χ3v) is 6.12. The zero-order valence-corrected chi connectivity index (χ0v) is 18.1. The van der Waals surface area contributed by atoms with Crippen LogP contribution in [-0.4, -0.2) is 33.7 Å². The lowest BCUT2D eigenvalue weighted by atomic mass is 10.2. The minimum Gasteiger partial charge on any atom is -0.494 e. The number of carbonyl (C=O) groups is 1. The van der Waals surface area contributed by atoms with Crippen molar-refractivity contribution in [1.82, 2.24) is 5.43 Å². The number of carbonyl (C=O) groups excluding carboxylic acids is 1. The zero-order chi connectivity index (χ0) is 23.0. The van der Waals surface area contributed by atoms with Gasteiger partial charge in [-0.1, -0.05) is 18.2 Å². The second kappa shape index (κ2) is 10.5. The fourth-order valence-electron chi connectivity index (χ4n) is 2.80. The lowest BCUT2D eigenvalue weighted by molar-refractivity contribution is -0.119. The summed E-state index contributed by atoms with van der Waals surface area (Å²) in [6, 6.07) is 19.6. The van der Waals surface area contributed by atoms with E-state index in [2.05, 4.69) is 10.5 Å². The Morgan fingerprint density at radius 1 is 1.03 bits per heavy atom. The van der Waals surface area contributed by atoms with Crippen LogP contribution in [0.3, 0.4) is 0 Å². The van der Waals surface area contributed by atoms with Gasteiger partial charge in [-0.3, -0.25) is 9.10 Å². The van der Waals surface area contributed by atoms with Crippen molar-refractivity contribution in [2.45, 2.75) is 11.8 Å². The van der Waals surface area contributed by atoms with Gasteiger partial charge in [0.2, 0.25) is 0 Å². The molecular weight excluding hydrogens is 433 g/mol. The number of rotatable bonds is 9. The monoisotopic (exact) mass is 455 g/mol. The number of ether oxygens (including phenoxy) is 1. The van der Waals surface area contributed by atoms with E-state index in [4.69, 9.17) is 4.74 Å². The Labute approximate surface area is 186 Å². The molecule has 3 aromatic rings. The molecule has 0 saturated carbocycles. The lowest BCUT2D eigenvalue weighted by Gasteiger charge is -2.23. The van der Waals surface area contributed by atoms with Crippen molar-refractivity contribution in [3.63, 3.8) is 0 Å². The van der Waals surface area contributed by atoms with Gasteiger partial charge >= 0.3 is 0 Å². The number of sulfonamides is 1. The largest absolute Gasteiger partial charge is 0.494 e. The molecule has 32 heavy (non-hydrogen) atoms. The number of hydrogen-bond donors (Lipinski definition) is 1. The number of anilines is 1. The summed E-state index contributed by atoms with van der Waals surface area (Å²) in [7, 11) is -4.07. The first-order valence-electron chi connectivity index (χ1n) is 9.78. The molecule has 1 N–H and O–H groups in total. The molecule has 0 spiro atoms. The number of halogens is 1. The molecule has 0 aromatic heterocycles. The van der Waals surface area contributed by atoms with Gasteiger partial charge in [0, 0.05) is 0 Å². The summed E-state index contributed by atoms with van der Waals surface area (Å²) < 4.78 is 45.9. The second-order valence-corrected chi connectivity index (χ2v) is 8.46. The SMILES string of the molecule is CCOc1ccc(/C=N\NC(=O)CN(c2ccc(F)cc2)S(=O)(=O)c2ccccc2)cc1. The van der Waals surface area contributed by atoms with Crippen LogP contribution in [0.25, 0.3) is 0 Å². The van der Waals surface area contributed by atoms with Crippen LogP contribution < -0.4 is 14.5 Å². The van der Waals surface area contributed by atoms with E-state index in [1.807, 2.05) is 6.92 Å². The third-order valence-electron chi connectivity index (χ3n) is 4.33. The van der Waals surface area contributed by atoms with Gasteiger partial charge in [-0.25, -0.2) is 18.2 Å². The molecule has 0 aliphatic carbocycles. The van der Waals surface area contributed by atoms with Gasteiger partial charge in [0.1, 0.15) is 18.1 Å². The van der Waals surface area contributed by atoms with E-state index in [1.165, 1.54) is 30.5 Å². The molecular formula is C23H22FN3O4S. The molecule has 0 fully saturated rings. The number of nitrogens with one attached hydrogen (secondary N) is 1. The predicted molar refractivity (Wildman–Crippen MR) is 121 cm³/mol. The minimum atomic E-state index is -4.07. The van der Waals surface area contributed by atoms with E-state index < -0.39 is 28.3 Å². The predicted octanol–water partition coefficient (Wildman–Crippen LogP) is 3.57. The summed E-state index contributed by atoms with van der Waals surface area (Å²) in [5.74, 6) is -0.457. The van der Waals surface area contributed by atoms with E-state index in [1.54, 1.807) is 42.5 Å². The Hall–Kier alpha value is -3.72. The number of amides is 1. The minimum absolute atomic E-state index is 0.00927. The molecule has 0 aliphatic rings. The maximum atomic E-state index is 13.4. The van der Waals surface area contributed by atoms with Crippen molar-refractivity contribution in [1.29, 1.82) is 0 Å². The van der Waals surface area contributed by atoms with Crippen molar-refractivity contribution in [2.75, 3.05) is 17.5 Å². The van der Waals surface area contributed by atoms with Crippen LogP contribution >= 0.6 is 0 Å². The Balaban J connectivity index is 1.75. The van der Waals surface area contributed by atoms with E-state index >= 15 is 0 Å². The molecule has 0 aliphatic heterocycles. The summed E-state index contributed by atoms with van der Waals surface area (Å²) in [6.07, 6.45) is 1.43. The van der Waals surface area contributed by atoms with Crippen molar-refractivity contribution < 1.29 is 22.3 Å². The number of nitrogens with zero attached hydrogens (tertiary/aromatic N) is 2. The molecule has 0 radical (unpaired) electrons. The Morgan fingerprint density at radius 3 is 2.31 bits per heavy atom. The highest BCUT2D eigenvalue weighted by Gasteiger charge is 2.27. The van der Waals surface area contributed by atoms with E-state index in [0.717, 1.165) is 27.8 Å². The highest BCUT2D eigenvalue weighted by Crippen LogP contribution is 2.23. The molecule has 1 amide bonds. The maximum Gasteiger partial charge on any atom is 0.264 e. The smallest absolute Gasteiger partial charge is 0.264 e. The Bertz CT molecular complexity index is 1170. The number of hydrazone groups is 1. The van der Waals surface area contributed by atoms with Gasteiger partial charge in [0.15, 0.2) is 0 Å². The van der Waals surface area contributed by atoms with Gasteiger partial charge in [-0.05, 0) is 73.2 Å². The van der Waals surface area contributed by atoms with Crippen molar-refractivity contribution >= 4 is 27.8 Å². The van der Waals surface area contributed by atoms with Crippen LogP contribution in [0.15, 0.2) is 88.9 Å². The van der Waals surface area contributed by atoms with E-state index in [9.17, 15) is 17.6 Å². The van der Waals surface area contributed by atoms with Crippen molar-refractivity contribution in [2.24, 2.45) is 5.10 Å². The molecule has 9 heteroatoms. The standard InChI is InChI=1S/C23H22FN3O4S/c1-2-31-21-14-8-18(9-15-21)16-25-26-23(28)17-27(20-12-10-19(24)11-13-20)32(29,30)22-6-4-3-5-7-22/h3-16H,2,17H2,1H3,(H,26,28)/b25-16-. The van der Waals surface area contributed by atoms with Gasteiger partial charge in [0.25, 0.3) is 15.9 Å². The molecule has 0 saturated heterocycles. The summed E-state index contributed by atoms with van der Waals surface area (Å²) in [5, 5.41) is 3.89. The van der Waals surface area contributed by atoms with Gasteiger partial charge < -0.3 is 4.74 Å². The molecule has 3 aromatic carbocycles. The molecule has 166 valence electrons. The Morgan fingerprint density at radius 2 is 1.69 bits per heavy atom. The number of hydrogen-bond acceptors (Lipinski definition) is 5. The van der Waals surface area contributed by atoms with Crippen LogP contribution in [0.2, 0.25) is 0 Å². The van der Waals surface area contributed by atoms with Gasteiger partial charge in [0.05, 0.1) is 23.4 Å². The second-order valence-electron chi connectivity index (χ2n) is 6.60. The summed E-state index contributed by atoms with van der Waals surface area (Å²) in [4.78, 5) is 12.5. The van der Waals surface area contributed by atoms with E-state index in [0.29, 0.717) is 6.61 Å².